The minimum atomic E-state index is -1.08. The van der Waals surface area contributed by atoms with Crippen LogP contribution in [0.2, 0.25) is 0 Å². The number of carboxylic acid groups (broad SMARTS) is 1. The van der Waals surface area contributed by atoms with Crippen LogP contribution in [-0.2, 0) is 4.79 Å². The first-order chi connectivity index (χ1) is 11.9. The van der Waals surface area contributed by atoms with Gasteiger partial charge in [0.2, 0.25) is 0 Å². The van der Waals surface area contributed by atoms with Crippen molar-refractivity contribution in [3.8, 4) is 5.75 Å². The summed E-state index contributed by atoms with van der Waals surface area (Å²) in [5.41, 5.74) is 1.05. The van der Waals surface area contributed by atoms with E-state index in [0.29, 0.717) is 16.9 Å². The molecule has 0 aliphatic rings. The number of carboxylic acids is 1. The molecule has 7 heteroatoms. The van der Waals surface area contributed by atoms with Gasteiger partial charge in [0.25, 0.3) is 5.69 Å². The standard InChI is InChI=1S/C18H15NO6/c1-12(18(21)22)25-16-9-5-14(6-10-16)17(20)11-4-13-2-7-15(8-3-13)19(23)24/h2-12H,1H3,(H,21,22)/b11-4+. The van der Waals surface area contributed by atoms with Crippen LogP contribution >= 0.6 is 0 Å². The van der Waals surface area contributed by atoms with Crippen molar-refractivity contribution in [2.45, 2.75) is 13.0 Å². The molecule has 0 radical (unpaired) electrons. The van der Waals surface area contributed by atoms with Crippen LogP contribution in [0.25, 0.3) is 6.08 Å². The third kappa shape index (κ3) is 5.00. The van der Waals surface area contributed by atoms with Gasteiger partial charge in [-0.2, -0.15) is 0 Å². The van der Waals surface area contributed by atoms with Crippen LogP contribution < -0.4 is 4.74 Å². The Bertz CT molecular complexity index is 808. The lowest BCUT2D eigenvalue weighted by Crippen LogP contribution is -2.22. The second-order valence-corrected chi connectivity index (χ2v) is 5.17. The van der Waals surface area contributed by atoms with E-state index in [2.05, 4.69) is 0 Å². The predicted molar refractivity (Wildman–Crippen MR) is 90.6 cm³/mol. The number of nitrogens with zero attached hydrogens (tertiary/aromatic N) is 1. The van der Waals surface area contributed by atoms with Crippen molar-refractivity contribution in [3.63, 3.8) is 0 Å². The maximum absolute atomic E-state index is 12.1. The van der Waals surface area contributed by atoms with Crippen LogP contribution in [0, 0.1) is 10.1 Å². The molecule has 2 aromatic rings. The molecule has 0 amide bonds. The van der Waals surface area contributed by atoms with E-state index < -0.39 is 17.0 Å². The molecule has 1 N–H and O–H groups in total. The summed E-state index contributed by atoms with van der Waals surface area (Å²) in [6.45, 7) is 1.41. The molecule has 2 rings (SSSR count). The molecule has 0 aliphatic heterocycles. The van der Waals surface area contributed by atoms with E-state index in [9.17, 15) is 19.7 Å². The minimum absolute atomic E-state index is 0.0188. The van der Waals surface area contributed by atoms with Gasteiger partial charge in [-0.05, 0) is 55.0 Å². The number of allylic oxidation sites excluding steroid dienone is 1. The van der Waals surface area contributed by atoms with E-state index in [1.165, 1.54) is 49.4 Å². The van der Waals surface area contributed by atoms with Gasteiger partial charge >= 0.3 is 5.97 Å². The molecule has 0 spiro atoms. The first-order valence-corrected chi connectivity index (χ1v) is 7.33. The number of non-ortho nitro benzene ring substituents is 1. The van der Waals surface area contributed by atoms with E-state index in [1.807, 2.05) is 0 Å². The predicted octanol–water partition coefficient (Wildman–Crippen LogP) is 3.34. The molecular weight excluding hydrogens is 326 g/mol. The molecule has 7 nitrogen and oxygen atoms in total. The maximum atomic E-state index is 12.1. The fourth-order valence-electron chi connectivity index (χ4n) is 1.93. The zero-order valence-electron chi connectivity index (χ0n) is 13.3. The monoisotopic (exact) mass is 341 g/mol. The van der Waals surface area contributed by atoms with Gasteiger partial charge in [-0.15, -0.1) is 0 Å². The summed E-state index contributed by atoms with van der Waals surface area (Å²) in [4.78, 5) is 32.9. The van der Waals surface area contributed by atoms with Crippen LogP contribution in [-0.4, -0.2) is 27.9 Å². The summed E-state index contributed by atoms with van der Waals surface area (Å²) in [7, 11) is 0. The summed E-state index contributed by atoms with van der Waals surface area (Å²) in [5.74, 6) is -0.979. The molecule has 1 unspecified atom stereocenters. The zero-order chi connectivity index (χ0) is 18.4. The Balaban J connectivity index is 2.02. The van der Waals surface area contributed by atoms with Gasteiger partial charge in [-0.3, -0.25) is 14.9 Å². The Kier molecular flexibility index (Phi) is 5.62. The number of rotatable bonds is 7. The maximum Gasteiger partial charge on any atom is 0.344 e. The SMILES string of the molecule is CC(Oc1ccc(C(=O)/C=C/c2ccc([N+](=O)[O-])cc2)cc1)C(=O)O. The van der Waals surface area contributed by atoms with Gasteiger partial charge in [0.15, 0.2) is 11.9 Å². The number of aliphatic carboxylic acids is 1. The quantitative estimate of drug-likeness (QED) is 0.358. The van der Waals surface area contributed by atoms with Crippen LogP contribution in [0.15, 0.2) is 54.6 Å². The fraction of sp³-hybridized carbons (Fsp3) is 0.111. The minimum Gasteiger partial charge on any atom is -0.479 e. The van der Waals surface area contributed by atoms with E-state index in [0.717, 1.165) is 0 Å². The molecule has 128 valence electrons. The number of carbonyl (C=O) groups excluding carboxylic acids is 1. The number of hydrogen-bond donors (Lipinski definition) is 1. The van der Waals surface area contributed by atoms with Crippen molar-refractivity contribution in [2.24, 2.45) is 0 Å². The van der Waals surface area contributed by atoms with Gasteiger partial charge in [0.05, 0.1) is 4.92 Å². The van der Waals surface area contributed by atoms with Crippen LogP contribution in [0.4, 0.5) is 5.69 Å². The third-order valence-corrected chi connectivity index (χ3v) is 3.33. The molecule has 0 bridgehead atoms. The van der Waals surface area contributed by atoms with Crippen molar-refractivity contribution in [2.75, 3.05) is 0 Å². The highest BCUT2D eigenvalue weighted by molar-refractivity contribution is 6.06. The van der Waals surface area contributed by atoms with Crippen molar-refractivity contribution < 1.29 is 24.4 Å². The molecule has 0 saturated carbocycles. The Hall–Kier alpha value is -3.48. The van der Waals surface area contributed by atoms with Gasteiger partial charge in [0, 0.05) is 17.7 Å². The molecule has 0 fully saturated rings. The van der Waals surface area contributed by atoms with E-state index in [-0.39, 0.29) is 11.5 Å². The molecule has 0 aromatic heterocycles. The molecule has 0 aliphatic carbocycles. The zero-order valence-corrected chi connectivity index (χ0v) is 13.3. The van der Waals surface area contributed by atoms with Gasteiger partial charge in [-0.1, -0.05) is 6.08 Å². The van der Waals surface area contributed by atoms with Gasteiger partial charge in [0.1, 0.15) is 5.75 Å². The summed E-state index contributed by atoms with van der Waals surface area (Å²) < 4.78 is 5.19. The Morgan fingerprint density at radius 2 is 1.72 bits per heavy atom. The van der Waals surface area contributed by atoms with Crippen LogP contribution in [0.5, 0.6) is 5.75 Å². The Morgan fingerprint density at radius 3 is 2.24 bits per heavy atom. The highest BCUT2D eigenvalue weighted by atomic mass is 16.6. The Labute approximate surface area is 143 Å². The second-order valence-electron chi connectivity index (χ2n) is 5.17. The Morgan fingerprint density at radius 1 is 1.12 bits per heavy atom. The lowest BCUT2D eigenvalue weighted by molar-refractivity contribution is -0.384. The first-order valence-electron chi connectivity index (χ1n) is 7.33. The number of benzene rings is 2. The number of carbonyl (C=O) groups is 2. The number of ketones is 1. The smallest absolute Gasteiger partial charge is 0.344 e. The molecule has 25 heavy (non-hydrogen) atoms. The van der Waals surface area contributed by atoms with Crippen LogP contribution in [0.3, 0.4) is 0 Å². The summed E-state index contributed by atoms with van der Waals surface area (Å²) in [6, 6.07) is 11.9. The molecular formula is C18H15NO6. The van der Waals surface area contributed by atoms with Gasteiger partial charge in [-0.25, -0.2) is 4.79 Å². The first kappa shape index (κ1) is 17.9. The summed E-state index contributed by atoms with van der Waals surface area (Å²) >= 11 is 0. The topological polar surface area (TPSA) is 107 Å². The van der Waals surface area contributed by atoms with Crippen molar-refractivity contribution in [1.29, 1.82) is 0 Å². The second kappa shape index (κ2) is 7.87. The average Bonchev–Trinajstić information content (AvgIpc) is 2.60. The lowest BCUT2D eigenvalue weighted by atomic mass is 10.1. The highest BCUT2D eigenvalue weighted by Gasteiger charge is 2.12. The number of ether oxygens (including phenoxy) is 1. The van der Waals surface area contributed by atoms with Crippen molar-refractivity contribution >= 4 is 23.5 Å². The average molecular weight is 341 g/mol. The van der Waals surface area contributed by atoms with E-state index >= 15 is 0 Å². The van der Waals surface area contributed by atoms with E-state index in [4.69, 9.17) is 9.84 Å². The fourth-order valence-corrected chi connectivity index (χ4v) is 1.93. The van der Waals surface area contributed by atoms with Crippen LogP contribution in [0.1, 0.15) is 22.8 Å². The highest BCUT2D eigenvalue weighted by Crippen LogP contribution is 2.16. The van der Waals surface area contributed by atoms with Crippen molar-refractivity contribution in [3.05, 3.63) is 75.8 Å². The summed E-state index contributed by atoms with van der Waals surface area (Å²) in [5, 5.41) is 19.4. The summed E-state index contributed by atoms with van der Waals surface area (Å²) in [6.07, 6.45) is 1.93. The number of nitro benzene ring substituents is 1. The van der Waals surface area contributed by atoms with Gasteiger partial charge < -0.3 is 9.84 Å². The lowest BCUT2D eigenvalue weighted by Gasteiger charge is -2.10. The molecule has 0 heterocycles. The third-order valence-electron chi connectivity index (χ3n) is 3.33. The normalized spacial score (nSPS) is 11.9. The van der Waals surface area contributed by atoms with E-state index in [1.54, 1.807) is 18.2 Å². The molecule has 0 saturated heterocycles. The largest absolute Gasteiger partial charge is 0.479 e. The van der Waals surface area contributed by atoms with Crippen molar-refractivity contribution in [1.82, 2.24) is 0 Å². The number of hydrogen-bond acceptors (Lipinski definition) is 5. The molecule has 2 aromatic carbocycles. The number of nitro groups is 1. The molecule has 1 atom stereocenters.